The van der Waals surface area contributed by atoms with Crippen molar-refractivity contribution in [1.82, 2.24) is 14.7 Å². The Morgan fingerprint density at radius 2 is 2.08 bits per heavy atom. The van der Waals surface area contributed by atoms with Crippen LogP contribution in [0.25, 0.3) is 22.3 Å². The molecule has 2 aromatic carbocycles. The fourth-order valence-electron chi connectivity index (χ4n) is 3.07. The predicted molar refractivity (Wildman–Crippen MR) is 97.8 cm³/mol. The SMILES string of the molecule is CCn1c(Cc2conc2-c2cccc(F)c2)nc2cc(Br)ccc21. The number of hydrogen-bond acceptors (Lipinski definition) is 3. The van der Waals surface area contributed by atoms with Crippen LogP contribution >= 0.6 is 15.9 Å². The summed E-state index contributed by atoms with van der Waals surface area (Å²) in [6.45, 7) is 2.90. The molecule has 0 amide bonds. The topological polar surface area (TPSA) is 43.9 Å². The molecule has 4 rings (SSSR count). The zero-order valence-electron chi connectivity index (χ0n) is 13.5. The van der Waals surface area contributed by atoms with Crippen LogP contribution in [0, 0.1) is 5.82 Å². The highest BCUT2D eigenvalue weighted by atomic mass is 79.9. The molecule has 0 fully saturated rings. The smallest absolute Gasteiger partial charge is 0.128 e. The van der Waals surface area contributed by atoms with Gasteiger partial charge in [-0.25, -0.2) is 9.37 Å². The Labute approximate surface area is 152 Å². The van der Waals surface area contributed by atoms with Gasteiger partial charge in [-0.3, -0.25) is 0 Å². The van der Waals surface area contributed by atoms with Crippen LogP contribution < -0.4 is 0 Å². The number of imidazole rings is 1. The summed E-state index contributed by atoms with van der Waals surface area (Å²) in [7, 11) is 0. The van der Waals surface area contributed by atoms with Gasteiger partial charge in [0.25, 0.3) is 0 Å². The minimum absolute atomic E-state index is 0.294. The predicted octanol–water partition coefficient (Wildman–Crippen LogP) is 5.20. The standard InChI is InChI=1S/C19H15BrFN3O/c1-2-24-17-7-6-14(20)10-16(17)22-18(24)9-13-11-25-23-19(13)12-4-3-5-15(21)8-12/h3-8,10-11H,2,9H2,1H3. The van der Waals surface area contributed by atoms with E-state index in [9.17, 15) is 4.39 Å². The quantitative estimate of drug-likeness (QED) is 0.473. The normalized spacial score (nSPS) is 11.3. The highest BCUT2D eigenvalue weighted by molar-refractivity contribution is 9.10. The first-order valence-corrected chi connectivity index (χ1v) is 8.79. The van der Waals surface area contributed by atoms with Crippen molar-refractivity contribution >= 4 is 27.0 Å². The number of rotatable bonds is 4. The lowest BCUT2D eigenvalue weighted by molar-refractivity contribution is 0.421. The second-order valence-corrected chi connectivity index (χ2v) is 6.70. The number of aryl methyl sites for hydroxylation is 1. The Morgan fingerprint density at radius 1 is 1.20 bits per heavy atom. The number of halogens is 2. The summed E-state index contributed by atoms with van der Waals surface area (Å²) in [5, 5.41) is 4.06. The van der Waals surface area contributed by atoms with Crippen molar-refractivity contribution in [1.29, 1.82) is 0 Å². The molecule has 0 spiro atoms. The van der Waals surface area contributed by atoms with Gasteiger partial charge < -0.3 is 9.09 Å². The van der Waals surface area contributed by atoms with Crippen LogP contribution in [0.3, 0.4) is 0 Å². The van der Waals surface area contributed by atoms with Crippen LogP contribution in [0.4, 0.5) is 4.39 Å². The molecule has 2 heterocycles. The first-order chi connectivity index (χ1) is 12.2. The second-order valence-electron chi connectivity index (χ2n) is 5.78. The van der Waals surface area contributed by atoms with Crippen molar-refractivity contribution in [2.75, 3.05) is 0 Å². The molecule has 0 N–H and O–H groups in total. The van der Waals surface area contributed by atoms with Gasteiger partial charge in [0, 0.05) is 28.6 Å². The fraction of sp³-hybridized carbons (Fsp3) is 0.158. The van der Waals surface area contributed by atoms with Crippen LogP contribution in [-0.4, -0.2) is 14.7 Å². The largest absolute Gasteiger partial charge is 0.364 e. The summed E-state index contributed by atoms with van der Waals surface area (Å²) >= 11 is 3.49. The Hall–Kier alpha value is -2.47. The minimum atomic E-state index is -0.294. The third-order valence-corrected chi connectivity index (χ3v) is 4.69. The van der Waals surface area contributed by atoms with Crippen molar-refractivity contribution in [3.05, 3.63) is 70.4 Å². The fourth-order valence-corrected chi connectivity index (χ4v) is 3.42. The van der Waals surface area contributed by atoms with Gasteiger partial charge in [-0.2, -0.15) is 0 Å². The van der Waals surface area contributed by atoms with E-state index in [2.05, 4.69) is 38.6 Å². The maximum Gasteiger partial charge on any atom is 0.128 e. The number of nitrogens with zero attached hydrogens (tertiary/aromatic N) is 3. The van der Waals surface area contributed by atoms with E-state index >= 15 is 0 Å². The lowest BCUT2D eigenvalue weighted by atomic mass is 10.1. The van der Waals surface area contributed by atoms with Gasteiger partial charge in [-0.15, -0.1) is 0 Å². The van der Waals surface area contributed by atoms with Gasteiger partial charge in [-0.05, 0) is 37.3 Å². The molecule has 0 aliphatic carbocycles. The van der Waals surface area contributed by atoms with Gasteiger partial charge in [0.05, 0.1) is 11.0 Å². The van der Waals surface area contributed by atoms with Crippen LogP contribution in [0.2, 0.25) is 0 Å². The van der Waals surface area contributed by atoms with Crippen LogP contribution in [0.5, 0.6) is 0 Å². The third kappa shape index (κ3) is 2.98. The van der Waals surface area contributed by atoms with Crippen LogP contribution in [0.15, 0.2) is 57.7 Å². The van der Waals surface area contributed by atoms with E-state index in [1.54, 1.807) is 12.3 Å². The molecular formula is C19H15BrFN3O. The lowest BCUT2D eigenvalue weighted by Crippen LogP contribution is -2.03. The minimum Gasteiger partial charge on any atom is -0.364 e. The molecule has 0 unspecified atom stereocenters. The molecule has 0 radical (unpaired) electrons. The number of hydrogen-bond donors (Lipinski definition) is 0. The van der Waals surface area contributed by atoms with E-state index in [1.807, 2.05) is 18.2 Å². The average Bonchev–Trinajstić information content (AvgIpc) is 3.18. The van der Waals surface area contributed by atoms with Gasteiger partial charge in [-0.1, -0.05) is 33.2 Å². The second kappa shape index (κ2) is 6.44. The highest BCUT2D eigenvalue weighted by Crippen LogP contribution is 2.27. The molecule has 0 aliphatic rings. The zero-order valence-corrected chi connectivity index (χ0v) is 15.1. The number of fused-ring (bicyclic) bond motifs is 1. The highest BCUT2D eigenvalue weighted by Gasteiger charge is 2.16. The van der Waals surface area contributed by atoms with Gasteiger partial charge >= 0.3 is 0 Å². The monoisotopic (exact) mass is 399 g/mol. The molecule has 2 aromatic heterocycles. The maximum absolute atomic E-state index is 13.5. The van der Waals surface area contributed by atoms with E-state index in [0.29, 0.717) is 17.7 Å². The molecule has 0 atom stereocenters. The van der Waals surface area contributed by atoms with Gasteiger partial charge in [0.15, 0.2) is 0 Å². The van der Waals surface area contributed by atoms with Crippen LogP contribution in [-0.2, 0) is 13.0 Å². The Balaban J connectivity index is 1.77. The van der Waals surface area contributed by atoms with Crippen molar-refractivity contribution < 1.29 is 8.91 Å². The Kier molecular flexibility index (Phi) is 4.13. The molecule has 0 aliphatic heterocycles. The first kappa shape index (κ1) is 16.0. The van der Waals surface area contributed by atoms with E-state index < -0.39 is 0 Å². The van der Waals surface area contributed by atoms with Gasteiger partial charge in [0.1, 0.15) is 23.6 Å². The van der Waals surface area contributed by atoms with E-state index in [0.717, 1.165) is 33.4 Å². The Morgan fingerprint density at radius 3 is 2.88 bits per heavy atom. The summed E-state index contributed by atoms with van der Waals surface area (Å²) < 4.78 is 21.9. The van der Waals surface area contributed by atoms with Crippen molar-refractivity contribution in [3.8, 4) is 11.3 Å². The van der Waals surface area contributed by atoms with Crippen LogP contribution in [0.1, 0.15) is 18.3 Å². The van der Waals surface area contributed by atoms with E-state index in [-0.39, 0.29) is 5.82 Å². The summed E-state index contributed by atoms with van der Waals surface area (Å²) in [6.07, 6.45) is 2.17. The zero-order chi connectivity index (χ0) is 17.4. The van der Waals surface area contributed by atoms with E-state index in [4.69, 9.17) is 9.51 Å². The summed E-state index contributed by atoms with van der Waals surface area (Å²) in [4.78, 5) is 4.76. The Bertz CT molecular complexity index is 1050. The molecule has 6 heteroatoms. The molecule has 0 saturated heterocycles. The average molecular weight is 400 g/mol. The number of aromatic nitrogens is 3. The molecule has 0 saturated carbocycles. The maximum atomic E-state index is 13.5. The molecule has 126 valence electrons. The molecular weight excluding hydrogens is 385 g/mol. The molecule has 0 bridgehead atoms. The summed E-state index contributed by atoms with van der Waals surface area (Å²) in [5.41, 5.74) is 4.26. The number of benzene rings is 2. The lowest BCUT2D eigenvalue weighted by Gasteiger charge is -2.06. The van der Waals surface area contributed by atoms with Crippen molar-refractivity contribution in [2.24, 2.45) is 0 Å². The first-order valence-electron chi connectivity index (χ1n) is 7.99. The molecule has 4 aromatic rings. The third-order valence-electron chi connectivity index (χ3n) is 4.20. The van der Waals surface area contributed by atoms with Crippen molar-refractivity contribution in [3.63, 3.8) is 0 Å². The summed E-state index contributed by atoms with van der Waals surface area (Å²) in [5.74, 6) is 0.633. The van der Waals surface area contributed by atoms with Gasteiger partial charge in [0.2, 0.25) is 0 Å². The summed E-state index contributed by atoms with van der Waals surface area (Å²) in [6, 6.07) is 12.4. The molecule has 4 nitrogen and oxygen atoms in total. The molecule has 25 heavy (non-hydrogen) atoms. The van der Waals surface area contributed by atoms with E-state index in [1.165, 1.54) is 12.1 Å². The van der Waals surface area contributed by atoms with Crippen molar-refractivity contribution in [2.45, 2.75) is 19.9 Å².